The van der Waals surface area contributed by atoms with Crippen molar-refractivity contribution >= 4 is 11.8 Å². The van der Waals surface area contributed by atoms with Gasteiger partial charge in [0.15, 0.2) is 5.78 Å². The van der Waals surface area contributed by atoms with Gasteiger partial charge in [0.1, 0.15) is 6.10 Å². The lowest BCUT2D eigenvalue weighted by molar-refractivity contribution is -0.139. The fraction of sp³-hybridized carbons (Fsp3) is 0.333. The molecule has 1 atom stereocenters. The first-order chi connectivity index (χ1) is 9.13. The molecule has 0 radical (unpaired) electrons. The number of hydrogen-bond acceptors (Lipinski definition) is 4. The van der Waals surface area contributed by atoms with Gasteiger partial charge in [-0.3, -0.25) is 4.79 Å². The van der Waals surface area contributed by atoms with Gasteiger partial charge in [0, 0.05) is 5.56 Å². The Morgan fingerprint density at radius 1 is 1.32 bits per heavy atom. The van der Waals surface area contributed by atoms with Crippen LogP contribution in [0.25, 0.3) is 0 Å². The van der Waals surface area contributed by atoms with E-state index in [0.717, 1.165) is 5.56 Å². The molecule has 0 aliphatic carbocycles. The highest BCUT2D eigenvalue weighted by Crippen LogP contribution is 2.31. The Kier molecular flexibility index (Phi) is 4.12. The third-order valence-electron chi connectivity index (χ3n) is 2.98. The van der Waals surface area contributed by atoms with Gasteiger partial charge in [-0.1, -0.05) is 24.3 Å². The van der Waals surface area contributed by atoms with Crippen molar-refractivity contribution in [3.8, 4) is 0 Å². The van der Waals surface area contributed by atoms with Crippen molar-refractivity contribution in [3.05, 3.63) is 47.0 Å². The largest absolute Gasteiger partial charge is 0.463 e. The van der Waals surface area contributed by atoms with E-state index in [1.54, 1.807) is 37.3 Å². The second-order valence-corrected chi connectivity index (χ2v) is 4.27. The third-order valence-corrected chi connectivity index (χ3v) is 2.98. The number of rotatable bonds is 4. The molecule has 0 fully saturated rings. The molecule has 19 heavy (non-hydrogen) atoms. The minimum absolute atomic E-state index is 0.0139. The van der Waals surface area contributed by atoms with Gasteiger partial charge in [-0.15, -0.1) is 0 Å². The zero-order valence-corrected chi connectivity index (χ0v) is 11.0. The molecular formula is C15H16O4. The van der Waals surface area contributed by atoms with Crippen molar-refractivity contribution in [1.29, 1.82) is 0 Å². The third kappa shape index (κ3) is 2.90. The first kappa shape index (κ1) is 13.5. The minimum atomic E-state index is -0.403. The summed E-state index contributed by atoms with van der Waals surface area (Å²) in [5.74, 6) is -0.333. The normalized spacial score (nSPS) is 18.0. The van der Waals surface area contributed by atoms with E-state index in [-0.39, 0.29) is 11.8 Å². The van der Waals surface area contributed by atoms with Crippen LogP contribution in [-0.4, -0.2) is 25.0 Å². The summed E-state index contributed by atoms with van der Waals surface area (Å²) in [6, 6.07) is 7.09. The maximum atomic E-state index is 11.8. The minimum Gasteiger partial charge on any atom is -0.463 e. The van der Waals surface area contributed by atoms with Crippen LogP contribution in [0, 0.1) is 0 Å². The molecule has 4 nitrogen and oxygen atoms in total. The molecule has 1 aromatic rings. The van der Waals surface area contributed by atoms with Gasteiger partial charge in [-0.05, 0) is 25.5 Å². The van der Waals surface area contributed by atoms with E-state index in [4.69, 9.17) is 9.47 Å². The van der Waals surface area contributed by atoms with Crippen molar-refractivity contribution in [1.82, 2.24) is 0 Å². The van der Waals surface area contributed by atoms with Crippen molar-refractivity contribution in [2.45, 2.75) is 20.0 Å². The Morgan fingerprint density at radius 2 is 2.00 bits per heavy atom. The molecule has 1 aliphatic heterocycles. The fourth-order valence-corrected chi connectivity index (χ4v) is 2.00. The molecule has 0 saturated heterocycles. The molecular weight excluding hydrogens is 244 g/mol. The average molecular weight is 260 g/mol. The van der Waals surface area contributed by atoms with Crippen molar-refractivity contribution in [3.63, 3.8) is 0 Å². The highest BCUT2D eigenvalue weighted by atomic mass is 16.5. The van der Waals surface area contributed by atoms with Crippen LogP contribution in [0.3, 0.4) is 0 Å². The van der Waals surface area contributed by atoms with Crippen LogP contribution in [0.15, 0.2) is 35.9 Å². The van der Waals surface area contributed by atoms with E-state index in [1.165, 1.54) is 6.92 Å². The summed E-state index contributed by atoms with van der Waals surface area (Å²) in [5.41, 5.74) is 2.02. The van der Waals surface area contributed by atoms with E-state index in [2.05, 4.69) is 0 Å². The van der Waals surface area contributed by atoms with Gasteiger partial charge in [-0.25, -0.2) is 4.79 Å². The van der Waals surface area contributed by atoms with E-state index >= 15 is 0 Å². The smallest absolute Gasteiger partial charge is 0.336 e. The Labute approximate surface area is 112 Å². The molecule has 0 amide bonds. The number of hydrogen-bond donors (Lipinski definition) is 0. The summed E-state index contributed by atoms with van der Waals surface area (Å²) in [7, 11) is 0. The van der Waals surface area contributed by atoms with Crippen LogP contribution in [0.5, 0.6) is 0 Å². The van der Waals surface area contributed by atoms with Crippen LogP contribution >= 0.6 is 0 Å². The summed E-state index contributed by atoms with van der Waals surface area (Å²) in [6.07, 6.45) is 1.33. The average Bonchev–Trinajstić information content (AvgIpc) is 2.88. The number of ether oxygens (including phenoxy) is 2. The lowest BCUT2D eigenvalue weighted by Crippen LogP contribution is -2.13. The molecule has 1 heterocycles. The van der Waals surface area contributed by atoms with E-state index < -0.39 is 6.10 Å². The Morgan fingerprint density at radius 3 is 2.58 bits per heavy atom. The molecule has 1 aliphatic rings. The summed E-state index contributed by atoms with van der Waals surface area (Å²) in [6.45, 7) is 4.02. The zero-order valence-electron chi connectivity index (χ0n) is 11.0. The number of esters is 1. The molecule has 4 heteroatoms. The summed E-state index contributed by atoms with van der Waals surface area (Å²) >= 11 is 0. The second kappa shape index (κ2) is 5.80. The summed E-state index contributed by atoms with van der Waals surface area (Å²) in [4.78, 5) is 23.0. The quantitative estimate of drug-likeness (QED) is 0.616. The lowest BCUT2D eigenvalue weighted by Gasteiger charge is -2.14. The fourth-order valence-electron chi connectivity index (χ4n) is 2.00. The monoisotopic (exact) mass is 260 g/mol. The molecule has 0 saturated carbocycles. The molecule has 0 spiro atoms. The highest BCUT2D eigenvalue weighted by Gasteiger charge is 2.28. The van der Waals surface area contributed by atoms with E-state index in [1.807, 2.05) is 0 Å². The first-order valence-corrected chi connectivity index (χ1v) is 6.23. The predicted molar refractivity (Wildman–Crippen MR) is 69.9 cm³/mol. The Bertz CT molecular complexity index is 513. The second-order valence-electron chi connectivity index (χ2n) is 4.27. The summed E-state index contributed by atoms with van der Waals surface area (Å²) < 4.78 is 10.5. The number of carbonyl (C=O) groups is 2. The van der Waals surface area contributed by atoms with Crippen LogP contribution in [0.4, 0.5) is 0 Å². The first-order valence-electron chi connectivity index (χ1n) is 6.23. The Balaban J connectivity index is 2.19. The van der Waals surface area contributed by atoms with E-state index in [9.17, 15) is 9.59 Å². The van der Waals surface area contributed by atoms with Crippen LogP contribution in [0.1, 0.15) is 35.9 Å². The van der Waals surface area contributed by atoms with Gasteiger partial charge in [0.2, 0.25) is 0 Å². The summed E-state index contributed by atoms with van der Waals surface area (Å²) in [5, 5.41) is 0. The van der Waals surface area contributed by atoms with Crippen molar-refractivity contribution in [2.24, 2.45) is 0 Å². The van der Waals surface area contributed by atoms with Gasteiger partial charge < -0.3 is 9.47 Å². The van der Waals surface area contributed by atoms with Crippen LogP contribution < -0.4 is 0 Å². The van der Waals surface area contributed by atoms with Crippen molar-refractivity contribution in [2.75, 3.05) is 13.2 Å². The van der Waals surface area contributed by atoms with Gasteiger partial charge in [-0.2, -0.15) is 0 Å². The predicted octanol–water partition coefficient (Wildman–Crippen LogP) is 2.45. The maximum absolute atomic E-state index is 11.8. The number of ketones is 1. The molecule has 2 rings (SSSR count). The SMILES string of the molecule is CCOC(=O)C1=CCOC1c1ccc(C(C)=O)cc1. The number of benzene rings is 1. The van der Waals surface area contributed by atoms with Crippen LogP contribution in [-0.2, 0) is 14.3 Å². The Hall–Kier alpha value is -1.94. The number of Topliss-reactive ketones (excluding diaryl/α,β-unsaturated/α-hetero) is 1. The van der Waals surface area contributed by atoms with Gasteiger partial charge >= 0.3 is 5.97 Å². The topological polar surface area (TPSA) is 52.6 Å². The zero-order chi connectivity index (χ0) is 13.8. The maximum Gasteiger partial charge on any atom is 0.336 e. The molecule has 0 N–H and O–H groups in total. The lowest BCUT2D eigenvalue weighted by atomic mass is 10.0. The molecule has 100 valence electrons. The highest BCUT2D eigenvalue weighted by molar-refractivity contribution is 5.94. The van der Waals surface area contributed by atoms with E-state index in [0.29, 0.717) is 24.4 Å². The molecule has 0 aromatic heterocycles. The standard InChI is InChI=1S/C15H16O4/c1-3-18-15(17)13-8-9-19-14(13)12-6-4-11(5-7-12)10(2)16/h4-8,14H,3,9H2,1-2H3. The van der Waals surface area contributed by atoms with Crippen LogP contribution in [0.2, 0.25) is 0 Å². The van der Waals surface area contributed by atoms with Gasteiger partial charge in [0.05, 0.1) is 18.8 Å². The van der Waals surface area contributed by atoms with Crippen molar-refractivity contribution < 1.29 is 19.1 Å². The molecule has 1 aromatic carbocycles. The number of carbonyl (C=O) groups excluding carboxylic acids is 2. The molecule has 0 bridgehead atoms. The van der Waals surface area contributed by atoms with Gasteiger partial charge in [0.25, 0.3) is 0 Å². The molecule has 1 unspecified atom stereocenters.